The first kappa shape index (κ1) is 16.7. The van der Waals surface area contributed by atoms with Gasteiger partial charge in [0.2, 0.25) is 0 Å². The number of nitrogens with zero attached hydrogens (tertiary/aromatic N) is 2. The van der Waals surface area contributed by atoms with Crippen molar-refractivity contribution in [2.75, 3.05) is 5.32 Å². The van der Waals surface area contributed by atoms with Crippen molar-refractivity contribution in [2.45, 2.75) is 13.5 Å². The minimum Gasteiger partial charge on any atom is -0.487 e. The van der Waals surface area contributed by atoms with E-state index in [0.29, 0.717) is 17.5 Å². The summed E-state index contributed by atoms with van der Waals surface area (Å²) in [6.45, 7) is 2.45. The fraction of sp³-hybridized carbons (Fsp3) is 0.0952. The number of benzene rings is 2. The topological polar surface area (TPSA) is 77.3 Å². The molecule has 0 atom stereocenters. The highest BCUT2D eigenvalue weighted by molar-refractivity contribution is 7.16. The van der Waals surface area contributed by atoms with Crippen LogP contribution in [0.1, 0.15) is 20.9 Å². The zero-order valence-corrected chi connectivity index (χ0v) is 15.7. The van der Waals surface area contributed by atoms with Crippen LogP contribution in [0.25, 0.3) is 22.6 Å². The van der Waals surface area contributed by atoms with Gasteiger partial charge in [-0.25, -0.2) is 9.97 Å². The van der Waals surface area contributed by atoms with Gasteiger partial charge in [0.1, 0.15) is 12.4 Å². The molecule has 0 aliphatic carbocycles. The molecule has 1 aliphatic rings. The third-order valence-electron chi connectivity index (χ3n) is 4.52. The van der Waals surface area contributed by atoms with Crippen LogP contribution in [0.5, 0.6) is 5.75 Å². The van der Waals surface area contributed by atoms with E-state index in [0.717, 1.165) is 33.0 Å². The quantitative estimate of drug-likeness (QED) is 0.538. The number of amides is 1. The molecule has 28 heavy (non-hydrogen) atoms. The second kappa shape index (κ2) is 6.61. The number of rotatable bonds is 3. The van der Waals surface area contributed by atoms with Gasteiger partial charge in [-0.15, -0.1) is 0 Å². The summed E-state index contributed by atoms with van der Waals surface area (Å²) in [5, 5.41) is 3.35. The standard InChI is InChI=1S/C21H15N3O3S/c1-12-6-8-13(9-7-12)19-18(22-11-27-19)20(25)24-21-23-17-14-4-2-3-5-15(14)26-10-16(17)28-21/h2-9,11H,10H2,1H3,(H,23,24,25). The number of fused-ring (bicyclic) bond motifs is 3. The number of oxazole rings is 1. The van der Waals surface area contributed by atoms with Crippen LogP contribution in [0.2, 0.25) is 0 Å². The smallest absolute Gasteiger partial charge is 0.280 e. The molecule has 6 nitrogen and oxygen atoms in total. The summed E-state index contributed by atoms with van der Waals surface area (Å²) in [6.07, 6.45) is 1.28. The predicted octanol–water partition coefficient (Wildman–Crippen LogP) is 4.92. The number of carbonyl (C=O) groups excluding carboxylic acids is 1. The molecule has 1 aliphatic heterocycles. The summed E-state index contributed by atoms with van der Waals surface area (Å²) in [7, 11) is 0. The SMILES string of the molecule is Cc1ccc(-c2ocnc2C(=O)Nc2nc3c(s2)COc2ccccc2-3)cc1. The maximum absolute atomic E-state index is 12.8. The summed E-state index contributed by atoms with van der Waals surface area (Å²) in [5.41, 5.74) is 3.94. The van der Waals surface area contributed by atoms with Crippen molar-refractivity contribution in [1.82, 2.24) is 9.97 Å². The number of thiazole rings is 1. The molecule has 0 bridgehead atoms. The Morgan fingerprint density at radius 3 is 2.82 bits per heavy atom. The lowest BCUT2D eigenvalue weighted by Gasteiger charge is -2.15. The molecule has 4 aromatic rings. The van der Waals surface area contributed by atoms with Crippen molar-refractivity contribution in [3.63, 3.8) is 0 Å². The molecular weight excluding hydrogens is 374 g/mol. The number of para-hydroxylation sites is 1. The van der Waals surface area contributed by atoms with Crippen LogP contribution < -0.4 is 10.1 Å². The first-order valence-corrected chi connectivity index (χ1v) is 9.54. The molecule has 2 aromatic carbocycles. The van der Waals surface area contributed by atoms with E-state index in [1.807, 2.05) is 55.5 Å². The molecule has 2 aromatic heterocycles. The maximum atomic E-state index is 12.8. The summed E-state index contributed by atoms with van der Waals surface area (Å²) in [6, 6.07) is 15.5. The number of hydrogen-bond donors (Lipinski definition) is 1. The molecule has 0 fully saturated rings. The normalized spacial score (nSPS) is 12.0. The van der Waals surface area contributed by atoms with E-state index in [1.165, 1.54) is 17.7 Å². The Morgan fingerprint density at radius 2 is 1.96 bits per heavy atom. The number of ether oxygens (including phenoxy) is 1. The Hall–Kier alpha value is -3.45. The predicted molar refractivity (Wildman–Crippen MR) is 107 cm³/mol. The van der Waals surface area contributed by atoms with Gasteiger partial charge in [-0.1, -0.05) is 53.3 Å². The van der Waals surface area contributed by atoms with Gasteiger partial charge in [0.05, 0.1) is 10.6 Å². The number of carbonyl (C=O) groups is 1. The van der Waals surface area contributed by atoms with E-state index < -0.39 is 0 Å². The van der Waals surface area contributed by atoms with E-state index in [4.69, 9.17) is 9.15 Å². The van der Waals surface area contributed by atoms with Gasteiger partial charge in [0.25, 0.3) is 5.91 Å². The van der Waals surface area contributed by atoms with E-state index >= 15 is 0 Å². The number of nitrogens with one attached hydrogen (secondary N) is 1. The Labute approximate surface area is 164 Å². The Morgan fingerprint density at radius 1 is 1.14 bits per heavy atom. The molecule has 0 radical (unpaired) electrons. The third kappa shape index (κ3) is 2.86. The molecule has 0 unspecified atom stereocenters. The molecule has 0 spiro atoms. The van der Waals surface area contributed by atoms with Crippen molar-refractivity contribution in [1.29, 1.82) is 0 Å². The van der Waals surface area contributed by atoms with Crippen LogP contribution in [0, 0.1) is 6.92 Å². The minimum absolute atomic E-state index is 0.230. The lowest BCUT2D eigenvalue weighted by atomic mass is 10.1. The summed E-state index contributed by atoms with van der Waals surface area (Å²) in [4.78, 5) is 22.5. The average molecular weight is 389 g/mol. The van der Waals surface area contributed by atoms with E-state index in [-0.39, 0.29) is 11.6 Å². The molecule has 7 heteroatoms. The zero-order valence-electron chi connectivity index (χ0n) is 14.9. The van der Waals surface area contributed by atoms with Gasteiger partial charge in [-0.05, 0) is 19.1 Å². The number of anilines is 1. The van der Waals surface area contributed by atoms with Crippen molar-refractivity contribution in [3.8, 4) is 28.3 Å². The summed E-state index contributed by atoms with van der Waals surface area (Å²) < 4.78 is 11.2. The largest absolute Gasteiger partial charge is 0.487 e. The minimum atomic E-state index is -0.357. The monoisotopic (exact) mass is 389 g/mol. The van der Waals surface area contributed by atoms with Crippen molar-refractivity contribution in [2.24, 2.45) is 0 Å². The number of aromatic nitrogens is 2. The zero-order chi connectivity index (χ0) is 19.1. The molecule has 1 amide bonds. The first-order valence-electron chi connectivity index (χ1n) is 8.73. The second-order valence-electron chi connectivity index (χ2n) is 6.43. The molecule has 5 rings (SSSR count). The van der Waals surface area contributed by atoms with Crippen LogP contribution >= 0.6 is 11.3 Å². The number of hydrogen-bond acceptors (Lipinski definition) is 6. The van der Waals surface area contributed by atoms with E-state index in [9.17, 15) is 4.79 Å². The van der Waals surface area contributed by atoms with Gasteiger partial charge in [0, 0.05) is 11.1 Å². The lowest BCUT2D eigenvalue weighted by molar-refractivity contribution is 0.102. The lowest BCUT2D eigenvalue weighted by Crippen LogP contribution is -2.13. The van der Waals surface area contributed by atoms with Gasteiger partial charge in [0.15, 0.2) is 23.0 Å². The fourth-order valence-corrected chi connectivity index (χ4v) is 4.00. The molecule has 0 saturated carbocycles. The molecule has 0 saturated heterocycles. The summed E-state index contributed by atoms with van der Waals surface area (Å²) in [5.74, 6) is 0.883. The second-order valence-corrected chi connectivity index (χ2v) is 7.51. The van der Waals surface area contributed by atoms with Crippen LogP contribution in [0.4, 0.5) is 5.13 Å². The third-order valence-corrected chi connectivity index (χ3v) is 5.46. The highest BCUT2D eigenvalue weighted by Gasteiger charge is 2.24. The molecule has 138 valence electrons. The number of aryl methyl sites for hydroxylation is 1. The highest BCUT2D eigenvalue weighted by atomic mass is 32.1. The van der Waals surface area contributed by atoms with Crippen LogP contribution in [-0.4, -0.2) is 15.9 Å². The van der Waals surface area contributed by atoms with Gasteiger partial charge < -0.3 is 9.15 Å². The summed E-state index contributed by atoms with van der Waals surface area (Å²) >= 11 is 1.40. The Bertz CT molecular complexity index is 1180. The van der Waals surface area contributed by atoms with Gasteiger partial charge >= 0.3 is 0 Å². The van der Waals surface area contributed by atoms with Gasteiger partial charge in [-0.3, -0.25) is 10.1 Å². The van der Waals surface area contributed by atoms with E-state index in [2.05, 4.69) is 15.3 Å². The fourth-order valence-electron chi connectivity index (χ4n) is 3.12. The van der Waals surface area contributed by atoms with E-state index in [1.54, 1.807) is 0 Å². The Balaban J connectivity index is 1.43. The van der Waals surface area contributed by atoms with Crippen LogP contribution in [-0.2, 0) is 6.61 Å². The highest BCUT2D eigenvalue weighted by Crippen LogP contribution is 2.40. The van der Waals surface area contributed by atoms with Crippen molar-refractivity contribution >= 4 is 22.4 Å². The van der Waals surface area contributed by atoms with Crippen LogP contribution in [0.15, 0.2) is 59.3 Å². The first-order chi connectivity index (χ1) is 13.7. The van der Waals surface area contributed by atoms with Gasteiger partial charge in [-0.2, -0.15) is 0 Å². The average Bonchev–Trinajstić information content (AvgIpc) is 3.35. The Kier molecular flexibility index (Phi) is 3.95. The van der Waals surface area contributed by atoms with Crippen molar-refractivity contribution in [3.05, 3.63) is 71.1 Å². The van der Waals surface area contributed by atoms with Crippen molar-refractivity contribution < 1.29 is 13.9 Å². The van der Waals surface area contributed by atoms with Crippen LogP contribution in [0.3, 0.4) is 0 Å². The maximum Gasteiger partial charge on any atom is 0.280 e. The molecule has 3 heterocycles. The molecular formula is C21H15N3O3S. The molecule has 1 N–H and O–H groups in total.